The van der Waals surface area contributed by atoms with Gasteiger partial charge in [-0.05, 0) is 18.1 Å². The molecule has 1 unspecified atom stereocenters. The average Bonchev–Trinajstić information content (AvgIpc) is 2.28. The number of ether oxygens (including phenoxy) is 1. The Morgan fingerprint density at radius 2 is 2.05 bits per heavy atom. The molecule has 3 N–H and O–H groups in total. The number of carboxylic acid groups (broad SMARTS) is 1. The van der Waals surface area contributed by atoms with Gasteiger partial charge in [-0.15, -0.1) is 0 Å². The standard InChI is InChI=1S/C13H27NO5Si/c1-13(2,3)20(4,5)19-7-9-6-11(15)10(8-18-9)14-12(16)17/h9-11,14-15H,6-8H2,1-5H3,(H,16,17)/t9-,10-,11?/m0/s1. The predicted molar refractivity (Wildman–Crippen MR) is 78.5 cm³/mol. The van der Waals surface area contributed by atoms with Gasteiger partial charge in [0.05, 0.1) is 31.5 Å². The third-order valence-corrected chi connectivity index (χ3v) is 8.73. The number of hydrogen-bond donors (Lipinski definition) is 3. The molecule has 0 aromatic heterocycles. The van der Waals surface area contributed by atoms with Gasteiger partial charge in [-0.3, -0.25) is 0 Å². The highest BCUT2D eigenvalue weighted by Gasteiger charge is 2.39. The van der Waals surface area contributed by atoms with E-state index in [1.165, 1.54) is 0 Å². The van der Waals surface area contributed by atoms with Crippen molar-refractivity contribution < 1.29 is 24.2 Å². The molecule has 1 saturated heterocycles. The van der Waals surface area contributed by atoms with E-state index < -0.39 is 26.6 Å². The molecule has 0 aromatic rings. The van der Waals surface area contributed by atoms with Crippen LogP contribution in [0.3, 0.4) is 0 Å². The average molecular weight is 305 g/mol. The summed E-state index contributed by atoms with van der Waals surface area (Å²) < 4.78 is 11.6. The molecule has 1 rings (SSSR count). The second-order valence-electron chi connectivity index (χ2n) is 6.89. The van der Waals surface area contributed by atoms with E-state index in [1.54, 1.807) is 0 Å². The van der Waals surface area contributed by atoms with Crippen LogP contribution in [-0.4, -0.2) is 56.1 Å². The van der Waals surface area contributed by atoms with E-state index in [2.05, 4.69) is 39.2 Å². The van der Waals surface area contributed by atoms with Gasteiger partial charge in [0.25, 0.3) is 0 Å². The van der Waals surface area contributed by atoms with Crippen molar-refractivity contribution >= 4 is 14.4 Å². The third kappa shape index (κ3) is 4.73. The summed E-state index contributed by atoms with van der Waals surface area (Å²) in [5.74, 6) is 0. The minimum atomic E-state index is -1.83. The molecule has 0 aliphatic carbocycles. The molecule has 0 bridgehead atoms. The van der Waals surface area contributed by atoms with Gasteiger partial charge in [0.2, 0.25) is 0 Å². The number of amides is 1. The van der Waals surface area contributed by atoms with Crippen molar-refractivity contribution in [1.29, 1.82) is 0 Å². The smallest absolute Gasteiger partial charge is 0.405 e. The maximum absolute atomic E-state index is 10.6. The summed E-state index contributed by atoms with van der Waals surface area (Å²) in [4.78, 5) is 10.6. The number of rotatable bonds is 4. The normalized spacial score (nSPS) is 28.2. The van der Waals surface area contributed by atoms with E-state index >= 15 is 0 Å². The Labute approximate surface area is 121 Å². The van der Waals surface area contributed by atoms with Crippen molar-refractivity contribution in [3.63, 3.8) is 0 Å². The molecule has 1 aliphatic heterocycles. The van der Waals surface area contributed by atoms with Gasteiger partial charge >= 0.3 is 6.09 Å². The van der Waals surface area contributed by atoms with Crippen LogP contribution in [0.4, 0.5) is 4.79 Å². The fraction of sp³-hybridized carbons (Fsp3) is 0.923. The Hall–Kier alpha value is -0.633. The highest BCUT2D eigenvalue weighted by atomic mass is 28.4. The molecule has 6 nitrogen and oxygen atoms in total. The Bertz CT molecular complexity index is 342. The summed E-state index contributed by atoms with van der Waals surface area (Å²) in [6.45, 7) is 11.5. The van der Waals surface area contributed by atoms with Crippen LogP contribution in [0.1, 0.15) is 27.2 Å². The van der Waals surface area contributed by atoms with E-state index in [0.717, 1.165) is 0 Å². The molecule has 0 aromatic carbocycles. The van der Waals surface area contributed by atoms with Gasteiger partial charge < -0.3 is 24.7 Å². The largest absolute Gasteiger partial charge is 0.465 e. The zero-order valence-corrected chi connectivity index (χ0v) is 14.0. The SMILES string of the molecule is CC(C)(C)[Si](C)(C)OC[C@@H]1CC(O)[C@@H](NC(=O)O)CO1. The van der Waals surface area contributed by atoms with Crippen LogP contribution < -0.4 is 5.32 Å². The van der Waals surface area contributed by atoms with Crippen LogP contribution in [0.5, 0.6) is 0 Å². The monoisotopic (exact) mass is 305 g/mol. The second-order valence-corrected chi connectivity index (χ2v) is 11.7. The molecular weight excluding hydrogens is 278 g/mol. The summed E-state index contributed by atoms with van der Waals surface area (Å²) in [5.41, 5.74) is 0. The zero-order valence-electron chi connectivity index (χ0n) is 13.0. The van der Waals surface area contributed by atoms with Gasteiger partial charge in [0.15, 0.2) is 8.32 Å². The van der Waals surface area contributed by atoms with Crippen molar-refractivity contribution in [2.24, 2.45) is 0 Å². The molecule has 20 heavy (non-hydrogen) atoms. The molecule has 1 aliphatic rings. The maximum atomic E-state index is 10.6. The lowest BCUT2D eigenvalue weighted by Gasteiger charge is -2.39. The van der Waals surface area contributed by atoms with Crippen LogP contribution in [0.15, 0.2) is 0 Å². The molecular formula is C13H27NO5Si. The molecule has 1 amide bonds. The van der Waals surface area contributed by atoms with Crippen LogP contribution in [0.25, 0.3) is 0 Å². The summed E-state index contributed by atoms with van der Waals surface area (Å²) in [6.07, 6.45) is -1.66. The van der Waals surface area contributed by atoms with E-state index in [9.17, 15) is 9.90 Å². The molecule has 0 spiro atoms. The van der Waals surface area contributed by atoms with E-state index in [0.29, 0.717) is 13.0 Å². The second kappa shape index (κ2) is 6.42. The van der Waals surface area contributed by atoms with Gasteiger partial charge in [-0.1, -0.05) is 20.8 Å². The molecule has 7 heteroatoms. The molecule has 0 radical (unpaired) electrons. The van der Waals surface area contributed by atoms with Crippen LogP contribution in [0, 0.1) is 0 Å². The lowest BCUT2D eigenvalue weighted by atomic mass is 10.0. The number of nitrogens with one attached hydrogen (secondary N) is 1. The highest BCUT2D eigenvalue weighted by Crippen LogP contribution is 2.36. The Balaban J connectivity index is 2.44. The quantitative estimate of drug-likeness (QED) is 0.689. The summed E-state index contributed by atoms with van der Waals surface area (Å²) in [6, 6.07) is -0.559. The molecule has 118 valence electrons. The van der Waals surface area contributed by atoms with E-state index in [-0.39, 0.29) is 17.7 Å². The zero-order chi connectivity index (χ0) is 15.6. The van der Waals surface area contributed by atoms with Gasteiger partial charge in [-0.25, -0.2) is 4.79 Å². The van der Waals surface area contributed by atoms with Crippen molar-refractivity contribution in [2.45, 2.75) is 63.6 Å². The lowest BCUT2D eigenvalue weighted by molar-refractivity contribution is -0.0797. The van der Waals surface area contributed by atoms with E-state index in [4.69, 9.17) is 14.3 Å². The van der Waals surface area contributed by atoms with Gasteiger partial charge in [-0.2, -0.15) is 0 Å². The van der Waals surface area contributed by atoms with Crippen LogP contribution >= 0.6 is 0 Å². The van der Waals surface area contributed by atoms with Crippen LogP contribution in [-0.2, 0) is 9.16 Å². The fourth-order valence-electron chi connectivity index (χ4n) is 1.78. The first kappa shape index (κ1) is 17.4. The Morgan fingerprint density at radius 1 is 1.45 bits per heavy atom. The third-order valence-electron chi connectivity index (χ3n) is 4.23. The minimum Gasteiger partial charge on any atom is -0.465 e. The first-order chi connectivity index (χ1) is 9.03. The highest BCUT2D eigenvalue weighted by molar-refractivity contribution is 6.74. The molecule has 3 atom stereocenters. The topological polar surface area (TPSA) is 88.0 Å². The Morgan fingerprint density at radius 3 is 2.50 bits per heavy atom. The van der Waals surface area contributed by atoms with Crippen molar-refractivity contribution in [1.82, 2.24) is 5.32 Å². The number of aliphatic hydroxyl groups excluding tert-OH is 1. The van der Waals surface area contributed by atoms with E-state index in [1.807, 2.05) is 0 Å². The lowest BCUT2D eigenvalue weighted by Crippen LogP contribution is -2.53. The van der Waals surface area contributed by atoms with Crippen LogP contribution in [0.2, 0.25) is 18.1 Å². The van der Waals surface area contributed by atoms with Crippen molar-refractivity contribution in [2.75, 3.05) is 13.2 Å². The number of carbonyl (C=O) groups is 1. The molecule has 0 saturated carbocycles. The summed E-state index contributed by atoms with van der Waals surface area (Å²) in [5, 5.41) is 21.0. The van der Waals surface area contributed by atoms with Gasteiger partial charge in [0, 0.05) is 6.42 Å². The maximum Gasteiger partial charge on any atom is 0.405 e. The number of aliphatic hydroxyl groups is 1. The number of hydrogen-bond acceptors (Lipinski definition) is 4. The summed E-state index contributed by atoms with van der Waals surface area (Å²) >= 11 is 0. The first-order valence-electron chi connectivity index (χ1n) is 6.96. The Kier molecular flexibility index (Phi) is 5.59. The van der Waals surface area contributed by atoms with Crippen molar-refractivity contribution in [3.05, 3.63) is 0 Å². The van der Waals surface area contributed by atoms with Crippen molar-refractivity contribution in [3.8, 4) is 0 Å². The first-order valence-corrected chi connectivity index (χ1v) is 9.87. The fourth-order valence-corrected chi connectivity index (χ4v) is 2.82. The predicted octanol–water partition coefficient (Wildman–Crippen LogP) is 1.79. The summed E-state index contributed by atoms with van der Waals surface area (Å²) in [7, 11) is -1.83. The van der Waals surface area contributed by atoms with Gasteiger partial charge in [0.1, 0.15) is 0 Å². The molecule has 1 fully saturated rings. The minimum absolute atomic E-state index is 0.133. The molecule has 1 heterocycles.